The van der Waals surface area contributed by atoms with E-state index in [9.17, 15) is 72.2 Å². The van der Waals surface area contributed by atoms with Gasteiger partial charge in [-0.25, -0.2) is 9.59 Å². The average molecular weight is 1060 g/mol. The normalized spacial score (nSPS) is 10.9. The van der Waals surface area contributed by atoms with Gasteiger partial charge in [-0.15, -0.1) is 0 Å². The molecule has 0 amide bonds. The molecule has 390 valence electrons. The molecule has 0 saturated heterocycles. The van der Waals surface area contributed by atoms with Gasteiger partial charge in [0, 0.05) is 26.2 Å². The van der Waals surface area contributed by atoms with E-state index in [0.29, 0.717) is 0 Å². The summed E-state index contributed by atoms with van der Waals surface area (Å²) in [4.78, 5) is 155. The molecule has 0 aromatic heterocycles. The Morgan fingerprint density at radius 1 is 0.314 bits per heavy atom. The molecule has 0 aromatic carbocycles. The third-order valence-corrected chi connectivity index (χ3v) is 7.19. The number of carboxylic acids is 13. The zero-order valence-electron chi connectivity index (χ0n) is 34.5. The van der Waals surface area contributed by atoms with Crippen molar-refractivity contribution in [3.05, 3.63) is 0 Å². The summed E-state index contributed by atoms with van der Waals surface area (Å²) in [5, 5.41) is 122. The second kappa shape index (κ2) is 42.0. The summed E-state index contributed by atoms with van der Waals surface area (Å²) >= 11 is 0. The van der Waals surface area contributed by atoms with Gasteiger partial charge < -0.3 is 87.2 Å². The Kier molecular flexibility index (Phi) is 49.4. The first-order chi connectivity index (χ1) is 29.6. The summed E-state index contributed by atoms with van der Waals surface area (Å²) in [5.41, 5.74) is -6.24. The number of carbonyl (C=O) groups is 14. The molecule has 18 N–H and O–H groups in total. The van der Waals surface area contributed by atoms with Gasteiger partial charge in [-0.2, -0.15) is 0 Å². The van der Waals surface area contributed by atoms with Crippen LogP contribution in [0.3, 0.4) is 0 Å². The van der Waals surface area contributed by atoms with Gasteiger partial charge in [-0.05, 0) is 0 Å². The van der Waals surface area contributed by atoms with Crippen molar-refractivity contribution in [2.45, 2.75) is 36.9 Å². The van der Waals surface area contributed by atoms with E-state index in [0.717, 1.165) is 19.6 Å². The van der Waals surface area contributed by atoms with Crippen molar-refractivity contribution in [1.82, 2.24) is 19.6 Å². The number of hydrogen-bond acceptors (Lipinski definition) is 20. The van der Waals surface area contributed by atoms with Crippen molar-refractivity contribution in [2.24, 2.45) is 0 Å². The fraction of sp³-hybridized carbons (Fsp3) is 0.562. The maximum atomic E-state index is 11.7. The van der Waals surface area contributed by atoms with E-state index < -0.39 is 173 Å². The van der Waals surface area contributed by atoms with Gasteiger partial charge in [0.1, 0.15) is 0 Å². The number of carbonyl (C=O) groups excluding carboxylic acids is 1. The summed E-state index contributed by atoms with van der Waals surface area (Å²) in [6.07, 6.45) is -5.94. The molecule has 70 heavy (non-hydrogen) atoms. The van der Waals surface area contributed by atoms with Gasteiger partial charge in [0.05, 0.1) is 78.0 Å². The predicted molar refractivity (Wildman–Crippen MR) is 226 cm³/mol. The molecular weight excluding hydrogens is 1010 g/mol. The number of ether oxygens (including phenoxy) is 1. The molecule has 35 nitrogen and oxygen atoms in total. The van der Waals surface area contributed by atoms with Gasteiger partial charge in [0.15, 0.2) is 5.60 Å². The first-order valence-electron chi connectivity index (χ1n) is 17.3. The van der Waals surface area contributed by atoms with Gasteiger partial charge in [0.25, 0.3) is 0 Å². The summed E-state index contributed by atoms with van der Waals surface area (Å²) in [6.45, 7) is -4.50. The topological polar surface area (TPSA) is 607 Å². The van der Waals surface area contributed by atoms with Crippen molar-refractivity contribution in [2.75, 3.05) is 78.5 Å². The van der Waals surface area contributed by atoms with Crippen LogP contribution in [0.2, 0.25) is 0 Å². The molecule has 0 fully saturated rings. The molecule has 0 aliphatic heterocycles. The number of carboxylic acid groups (broad SMARTS) is 13. The van der Waals surface area contributed by atoms with Crippen LogP contribution < -0.4 is 0 Å². The molecule has 0 spiro atoms. The van der Waals surface area contributed by atoms with Gasteiger partial charge in [-0.3, -0.25) is 77.1 Å². The number of nitrogens with zero attached hydrogens (tertiary/aromatic N) is 4. The Balaban J connectivity index is -0.000000134. The first-order valence-corrected chi connectivity index (χ1v) is 17.3. The summed E-state index contributed by atoms with van der Waals surface area (Å²) in [7, 11) is 0. The number of esters is 1. The predicted octanol–water partition coefficient (Wildman–Crippen LogP) is -9.75. The van der Waals surface area contributed by atoms with Crippen molar-refractivity contribution in [1.29, 1.82) is 0 Å². The third kappa shape index (κ3) is 44.5. The molecule has 1 atom stereocenters. The van der Waals surface area contributed by atoms with Crippen LogP contribution in [0.5, 0.6) is 0 Å². The van der Waals surface area contributed by atoms with E-state index >= 15 is 0 Å². The molecule has 0 rings (SSSR count). The quantitative estimate of drug-likeness (QED) is 0.0214. The molecule has 0 bridgehead atoms. The van der Waals surface area contributed by atoms with E-state index in [1.54, 1.807) is 0 Å². The van der Waals surface area contributed by atoms with Gasteiger partial charge in [-0.1, -0.05) is 0 Å². The second-order valence-electron chi connectivity index (χ2n) is 13.0. The van der Waals surface area contributed by atoms with Crippen molar-refractivity contribution in [3.8, 4) is 0 Å². The van der Waals surface area contributed by atoms with E-state index in [4.69, 9.17) is 66.4 Å². The molecule has 0 aliphatic carbocycles. The number of hydrogen-bond donors (Lipinski definition) is 14. The Morgan fingerprint density at radius 3 is 0.657 bits per heavy atom. The summed E-state index contributed by atoms with van der Waals surface area (Å²) in [5.74, 6) is -21.4. The standard InChI is InChI=1S/C12H14O13.2C10H16N2O8.3Na.2H2O.3H/c13-5(14)1-11(24,9(20)21)4-8(19)25-12(10(22)23,2-6(15)16)3-7(17)18;2*13-7(14)3-11(4-8(15)16)1-2-12(5-9(17)18)6-10(19)20;;;;;;;;/h24H,1-4H2,(H,13,14)(H,15,16)(H,17,18)(H,20,21)(H,22,23);2*1-6H2,(H,13,14)(H,15,16)(H,17,18)(H,19,20);;;;2*1H2;;;. The van der Waals surface area contributed by atoms with Crippen molar-refractivity contribution in [3.63, 3.8) is 0 Å². The Morgan fingerprint density at radius 2 is 0.514 bits per heavy atom. The molecule has 0 aromatic rings. The Bertz CT molecular complexity index is 1560. The van der Waals surface area contributed by atoms with Crippen LogP contribution >= 0.6 is 0 Å². The molecule has 0 aliphatic rings. The number of rotatable bonds is 33. The van der Waals surface area contributed by atoms with E-state index in [-0.39, 0.29) is 126 Å². The molecule has 0 saturated carbocycles. The third-order valence-electron chi connectivity index (χ3n) is 7.19. The number of aliphatic hydroxyl groups is 1. The zero-order valence-corrected chi connectivity index (χ0v) is 34.5. The van der Waals surface area contributed by atoms with Crippen LogP contribution in [-0.4, -0.2) is 364 Å². The van der Waals surface area contributed by atoms with Crippen molar-refractivity contribution >= 4 is 172 Å². The molecule has 1 unspecified atom stereocenters. The SMILES string of the molecule is O.O.O=C(O)CC(O)(CC(=O)OC(CC(=O)O)(CC(=O)O)C(=O)O)C(=O)O.O=C(O)CN(CCN(CC(=O)O)CC(=O)O)CC(=O)O.O=C(O)CN(CCN(CC(=O)O)CC(=O)O)CC(=O)O.[NaH].[NaH].[NaH]. The van der Waals surface area contributed by atoms with Gasteiger partial charge in [0.2, 0.25) is 5.60 Å². The molecule has 0 radical (unpaired) electrons. The fourth-order valence-electron chi connectivity index (χ4n) is 4.73. The summed E-state index contributed by atoms with van der Waals surface area (Å²) < 4.78 is 4.33. The van der Waals surface area contributed by atoms with Gasteiger partial charge >= 0.3 is 172 Å². The number of aliphatic carboxylic acids is 13. The van der Waals surface area contributed by atoms with Crippen LogP contribution in [0.25, 0.3) is 0 Å². The summed E-state index contributed by atoms with van der Waals surface area (Å²) in [6, 6.07) is 0. The Hall–Kier alpha value is -4.70. The molecule has 38 heteroatoms. The van der Waals surface area contributed by atoms with Crippen LogP contribution in [0.4, 0.5) is 0 Å². The van der Waals surface area contributed by atoms with Crippen LogP contribution in [0, 0.1) is 0 Å². The minimum atomic E-state index is -3.17. The van der Waals surface area contributed by atoms with Crippen LogP contribution in [0.1, 0.15) is 25.7 Å². The molecular formula is C32H53N4Na3O31. The molecule has 0 heterocycles. The zero-order chi connectivity index (χ0) is 51.4. The first kappa shape index (κ1) is 82.2. The van der Waals surface area contributed by atoms with E-state index in [1.165, 1.54) is 0 Å². The van der Waals surface area contributed by atoms with Crippen LogP contribution in [-0.2, 0) is 71.9 Å². The van der Waals surface area contributed by atoms with E-state index in [1.807, 2.05) is 0 Å². The average Bonchev–Trinajstić information content (AvgIpc) is 3.06. The van der Waals surface area contributed by atoms with Crippen molar-refractivity contribution < 1.29 is 154 Å². The fourth-order valence-corrected chi connectivity index (χ4v) is 4.73. The second-order valence-corrected chi connectivity index (χ2v) is 13.0. The Labute approximate surface area is 458 Å². The maximum absolute atomic E-state index is 11.7. The monoisotopic (exact) mass is 1060 g/mol. The van der Waals surface area contributed by atoms with Crippen LogP contribution in [0.15, 0.2) is 0 Å². The minimum absolute atomic E-state index is 0. The van der Waals surface area contributed by atoms with E-state index in [2.05, 4.69) is 4.74 Å².